The summed E-state index contributed by atoms with van der Waals surface area (Å²) in [7, 11) is 3.69. The van der Waals surface area contributed by atoms with Crippen LogP contribution in [0.1, 0.15) is 26.7 Å². The fraction of sp³-hybridized carbons (Fsp3) is 0.533. The van der Waals surface area contributed by atoms with Crippen LogP contribution < -0.4 is 15.5 Å². The van der Waals surface area contributed by atoms with Crippen molar-refractivity contribution < 1.29 is 9.18 Å². The zero-order valence-corrected chi connectivity index (χ0v) is 12.7. The van der Waals surface area contributed by atoms with Crippen molar-refractivity contribution in [2.75, 3.05) is 30.9 Å². The molecule has 20 heavy (non-hydrogen) atoms. The summed E-state index contributed by atoms with van der Waals surface area (Å²) in [6, 6.07) is 5.00. The van der Waals surface area contributed by atoms with Crippen LogP contribution in [-0.2, 0) is 4.79 Å². The van der Waals surface area contributed by atoms with Crippen molar-refractivity contribution in [2.24, 2.45) is 0 Å². The smallest absolute Gasteiger partial charge is 0.224 e. The molecule has 0 saturated carbocycles. The molecule has 0 bridgehead atoms. The van der Waals surface area contributed by atoms with E-state index < -0.39 is 0 Å². The third-order valence-electron chi connectivity index (χ3n) is 3.22. The molecular weight excluding hydrogens is 257 g/mol. The van der Waals surface area contributed by atoms with Crippen molar-refractivity contribution in [3.8, 4) is 0 Å². The molecule has 4 nitrogen and oxygen atoms in total. The van der Waals surface area contributed by atoms with Gasteiger partial charge in [0.15, 0.2) is 0 Å². The zero-order valence-electron chi connectivity index (χ0n) is 12.7. The molecule has 0 aliphatic rings. The summed E-state index contributed by atoms with van der Waals surface area (Å²) in [5.41, 5.74) is 1.03. The molecule has 1 aromatic carbocycles. The number of halogens is 1. The molecule has 5 heteroatoms. The SMILES string of the molecule is CNCCCC(=O)Nc1ccc(N(C)C(C)C)c(F)c1. The van der Waals surface area contributed by atoms with Gasteiger partial charge in [0.2, 0.25) is 5.91 Å². The normalized spacial score (nSPS) is 10.7. The molecule has 0 aromatic heterocycles. The maximum absolute atomic E-state index is 14.0. The maximum Gasteiger partial charge on any atom is 0.224 e. The molecule has 0 unspecified atom stereocenters. The first-order chi connectivity index (χ1) is 9.45. The number of carbonyl (C=O) groups is 1. The van der Waals surface area contributed by atoms with Crippen molar-refractivity contribution in [2.45, 2.75) is 32.7 Å². The topological polar surface area (TPSA) is 44.4 Å². The van der Waals surface area contributed by atoms with Crippen molar-refractivity contribution >= 4 is 17.3 Å². The number of carbonyl (C=O) groups excluding carboxylic acids is 1. The van der Waals surface area contributed by atoms with Gasteiger partial charge < -0.3 is 15.5 Å². The van der Waals surface area contributed by atoms with E-state index in [-0.39, 0.29) is 17.8 Å². The molecular formula is C15H24FN3O. The van der Waals surface area contributed by atoms with Gasteiger partial charge >= 0.3 is 0 Å². The highest BCUT2D eigenvalue weighted by Crippen LogP contribution is 2.23. The summed E-state index contributed by atoms with van der Waals surface area (Å²) >= 11 is 0. The predicted molar refractivity (Wildman–Crippen MR) is 81.7 cm³/mol. The molecule has 0 aliphatic heterocycles. The molecule has 0 fully saturated rings. The summed E-state index contributed by atoms with van der Waals surface area (Å²) in [5.74, 6) is -0.418. The van der Waals surface area contributed by atoms with Crippen LogP contribution in [0.4, 0.5) is 15.8 Å². The molecule has 0 heterocycles. The van der Waals surface area contributed by atoms with E-state index in [9.17, 15) is 9.18 Å². The first kappa shape index (κ1) is 16.4. The van der Waals surface area contributed by atoms with Crippen LogP contribution in [0.5, 0.6) is 0 Å². The lowest BCUT2D eigenvalue weighted by atomic mass is 10.2. The van der Waals surface area contributed by atoms with E-state index in [2.05, 4.69) is 10.6 Å². The Kier molecular flexibility index (Phi) is 6.45. The van der Waals surface area contributed by atoms with Gasteiger partial charge in [0.25, 0.3) is 0 Å². The van der Waals surface area contributed by atoms with E-state index in [0.717, 1.165) is 13.0 Å². The van der Waals surface area contributed by atoms with E-state index in [1.807, 2.05) is 32.8 Å². The van der Waals surface area contributed by atoms with Crippen LogP contribution in [0.15, 0.2) is 18.2 Å². The average molecular weight is 281 g/mol. The second-order valence-electron chi connectivity index (χ2n) is 5.13. The molecule has 0 aliphatic carbocycles. The van der Waals surface area contributed by atoms with Crippen molar-refractivity contribution in [1.29, 1.82) is 0 Å². The third-order valence-corrected chi connectivity index (χ3v) is 3.22. The molecule has 1 rings (SSSR count). The Balaban J connectivity index is 2.65. The van der Waals surface area contributed by atoms with Gasteiger partial charge in [-0.15, -0.1) is 0 Å². The minimum Gasteiger partial charge on any atom is -0.370 e. The van der Waals surface area contributed by atoms with Crippen LogP contribution in [0.25, 0.3) is 0 Å². The first-order valence-corrected chi connectivity index (χ1v) is 6.92. The zero-order chi connectivity index (χ0) is 15.1. The summed E-state index contributed by atoms with van der Waals surface area (Å²) in [6.07, 6.45) is 1.19. The van der Waals surface area contributed by atoms with E-state index in [0.29, 0.717) is 17.8 Å². The number of anilines is 2. The van der Waals surface area contributed by atoms with Crippen molar-refractivity contribution in [1.82, 2.24) is 5.32 Å². The summed E-state index contributed by atoms with van der Waals surface area (Å²) in [6.45, 7) is 4.79. The van der Waals surface area contributed by atoms with Gasteiger partial charge in [0, 0.05) is 25.2 Å². The summed E-state index contributed by atoms with van der Waals surface area (Å²) in [5, 5.41) is 5.69. The minimum absolute atomic E-state index is 0.0929. The Morgan fingerprint density at radius 3 is 2.65 bits per heavy atom. The van der Waals surface area contributed by atoms with Crippen molar-refractivity contribution in [3.63, 3.8) is 0 Å². The number of nitrogens with one attached hydrogen (secondary N) is 2. The van der Waals surface area contributed by atoms with Crippen LogP contribution in [0.3, 0.4) is 0 Å². The van der Waals surface area contributed by atoms with Gasteiger partial charge in [-0.25, -0.2) is 4.39 Å². The molecule has 0 spiro atoms. The van der Waals surface area contributed by atoms with Crippen molar-refractivity contribution in [3.05, 3.63) is 24.0 Å². The Morgan fingerprint density at radius 2 is 2.10 bits per heavy atom. The molecule has 0 atom stereocenters. The van der Waals surface area contributed by atoms with Gasteiger partial charge in [0.05, 0.1) is 5.69 Å². The lowest BCUT2D eigenvalue weighted by molar-refractivity contribution is -0.116. The Morgan fingerprint density at radius 1 is 1.40 bits per heavy atom. The Bertz CT molecular complexity index is 449. The Hall–Kier alpha value is -1.62. The minimum atomic E-state index is -0.325. The van der Waals surface area contributed by atoms with E-state index >= 15 is 0 Å². The molecule has 0 saturated heterocycles. The summed E-state index contributed by atoms with van der Waals surface area (Å²) < 4.78 is 14.0. The summed E-state index contributed by atoms with van der Waals surface area (Å²) in [4.78, 5) is 13.5. The number of amides is 1. The van der Waals surface area contributed by atoms with Gasteiger partial charge in [-0.1, -0.05) is 0 Å². The van der Waals surface area contributed by atoms with Gasteiger partial charge in [-0.05, 0) is 52.1 Å². The van der Waals surface area contributed by atoms with Crippen LogP contribution >= 0.6 is 0 Å². The molecule has 0 radical (unpaired) electrons. The van der Waals surface area contributed by atoms with E-state index in [1.165, 1.54) is 6.07 Å². The second kappa shape index (κ2) is 7.85. The number of hydrogen-bond acceptors (Lipinski definition) is 3. The van der Waals surface area contributed by atoms with Crippen LogP contribution in [0.2, 0.25) is 0 Å². The maximum atomic E-state index is 14.0. The second-order valence-corrected chi connectivity index (χ2v) is 5.13. The van der Waals surface area contributed by atoms with Gasteiger partial charge in [0.1, 0.15) is 5.82 Å². The number of rotatable bonds is 7. The molecule has 2 N–H and O–H groups in total. The molecule has 1 aromatic rings. The molecule has 1 amide bonds. The van der Waals surface area contributed by atoms with Gasteiger partial charge in [-0.3, -0.25) is 4.79 Å². The molecule has 112 valence electrons. The number of hydrogen-bond donors (Lipinski definition) is 2. The monoisotopic (exact) mass is 281 g/mol. The standard InChI is InChI=1S/C15H24FN3O/c1-11(2)19(4)14-8-7-12(10-13(14)16)18-15(20)6-5-9-17-3/h7-8,10-11,17H,5-6,9H2,1-4H3,(H,18,20). The largest absolute Gasteiger partial charge is 0.370 e. The highest BCUT2D eigenvalue weighted by molar-refractivity contribution is 5.90. The fourth-order valence-electron chi connectivity index (χ4n) is 1.80. The quantitative estimate of drug-likeness (QED) is 0.755. The number of benzene rings is 1. The lowest BCUT2D eigenvalue weighted by Gasteiger charge is -2.24. The highest BCUT2D eigenvalue weighted by Gasteiger charge is 2.11. The average Bonchev–Trinajstić information content (AvgIpc) is 2.38. The third kappa shape index (κ3) is 4.81. The highest BCUT2D eigenvalue weighted by atomic mass is 19.1. The lowest BCUT2D eigenvalue weighted by Crippen LogP contribution is -2.26. The first-order valence-electron chi connectivity index (χ1n) is 6.92. The number of nitrogens with zero attached hydrogens (tertiary/aromatic N) is 1. The van der Waals surface area contributed by atoms with Crippen LogP contribution in [-0.4, -0.2) is 32.6 Å². The Labute approximate surface area is 120 Å². The predicted octanol–water partition coefficient (Wildman–Crippen LogP) is 2.61. The van der Waals surface area contributed by atoms with E-state index in [4.69, 9.17) is 0 Å². The van der Waals surface area contributed by atoms with E-state index in [1.54, 1.807) is 12.1 Å². The van der Waals surface area contributed by atoms with Crippen LogP contribution in [0, 0.1) is 5.82 Å². The van der Waals surface area contributed by atoms with Gasteiger partial charge in [-0.2, -0.15) is 0 Å². The fourth-order valence-corrected chi connectivity index (χ4v) is 1.80.